The number of nitrogens with zero attached hydrogens (tertiary/aromatic N) is 1. The first kappa shape index (κ1) is 21.7. The Balaban J connectivity index is 1.92. The highest BCUT2D eigenvalue weighted by molar-refractivity contribution is 5.65. The van der Waals surface area contributed by atoms with Crippen LogP contribution in [0.1, 0.15) is 25.0 Å². The first-order valence-corrected chi connectivity index (χ1v) is 9.79. The number of hydrogen-bond acceptors (Lipinski definition) is 4. The second-order valence-electron chi connectivity index (χ2n) is 6.79. The molecule has 0 bridgehead atoms. The smallest absolute Gasteiger partial charge is 0.404 e. The van der Waals surface area contributed by atoms with Gasteiger partial charge < -0.3 is 25.7 Å². The number of aliphatic hydroxyl groups excluding tert-OH is 1. The molecule has 0 aromatic heterocycles. The molecule has 0 aliphatic carbocycles. The van der Waals surface area contributed by atoms with E-state index in [1.54, 1.807) is 0 Å². The highest BCUT2D eigenvalue weighted by atomic mass is 16.4. The summed E-state index contributed by atoms with van der Waals surface area (Å²) in [5, 5.41) is 25.3. The fourth-order valence-electron chi connectivity index (χ4n) is 3.27. The van der Waals surface area contributed by atoms with Crippen molar-refractivity contribution in [3.05, 3.63) is 65.7 Å². The molecule has 6 nitrogen and oxygen atoms in total. The van der Waals surface area contributed by atoms with Gasteiger partial charge in [0, 0.05) is 31.9 Å². The summed E-state index contributed by atoms with van der Waals surface area (Å²) in [4.78, 5) is 13.4. The summed E-state index contributed by atoms with van der Waals surface area (Å²) in [5.74, 6) is 0. The number of hydrogen-bond donors (Lipinski definition) is 4. The fourth-order valence-corrected chi connectivity index (χ4v) is 3.27. The van der Waals surface area contributed by atoms with E-state index in [2.05, 4.69) is 41.5 Å². The monoisotopic (exact) mass is 385 g/mol. The quantitative estimate of drug-likeness (QED) is 0.478. The van der Waals surface area contributed by atoms with Crippen molar-refractivity contribution in [2.24, 2.45) is 0 Å². The first-order chi connectivity index (χ1) is 13.5. The van der Waals surface area contributed by atoms with E-state index >= 15 is 0 Å². The number of amides is 1. The molecule has 152 valence electrons. The Kier molecular flexibility index (Phi) is 8.78. The minimum absolute atomic E-state index is 0.299. The second-order valence-corrected chi connectivity index (χ2v) is 6.79. The van der Waals surface area contributed by atoms with Crippen LogP contribution in [0.4, 0.5) is 10.5 Å². The molecule has 28 heavy (non-hydrogen) atoms. The predicted octanol–water partition coefficient (Wildman–Crippen LogP) is 2.86. The third-order valence-electron chi connectivity index (χ3n) is 4.79. The lowest BCUT2D eigenvalue weighted by Gasteiger charge is -2.24. The number of carbonyl (C=O) groups is 1. The minimum atomic E-state index is -1.13. The van der Waals surface area contributed by atoms with E-state index in [1.807, 2.05) is 42.5 Å². The normalized spacial score (nSPS) is 13.0. The highest BCUT2D eigenvalue weighted by Crippen LogP contribution is 2.16. The van der Waals surface area contributed by atoms with Crippen molar-refractivity contribution in [1.29, 1.82) is 0 Å². The lowest BCUT2D eigenvalue weighted by molar-refractivity contribution is 0.117. The van der Waals surface area contributed by atoms with Crippen molar-refractivity contribution in [3.63, 3.8) is 0 Å². The summed E-state index contributed by atoms with van der Waals surface area (Å²) in [7, 11) is 0. The number of benzene rings is 2. The van der Waals surface area contributed by atoms with Crippen molar-refractivity contribution < 1.29 is 15.0 Å². The van der Waals surface area contributed by atoms with Crippen LogP contribution in [0.2, 0.25) is 0 Å². The summed E-state index contributed by atoms with van der Waals surface area (Å²) in [6.45, 7) is 7.08. The highest BCUT2D eigenvalue weighted by Gasteiger charge is 2.21. The molecule has 0 heterocycles. The molecular weight excluding hydrogens is 354 g/mol. The molecule has 0 spiro atoms. The standard InChI is InChI=1S/C22H31N3O3/c1-3-25(4-2)19-12-8-11-18(13-19)15-23-16-21(26)20(24-22(27)28)14-17-9-6-5-7-10-17/h5-13,20-21,23-24,26H,3-4,14-16H2,1-2H3,(H,27,28)/t20-,21-/m0/s1. The topological polar surface area (TPSA) is 84.8 Å². The third-order valence-corrected chi connectivity index (χ3v) is 4.79. The zero-order valence-electron chi connectivity index (χ0n) is 16.6. The van der Waals surface area contributed by atoms with E-state index < -0.39 is 18.2 Å². The molecule has 4 N–H and O–H groups in total. The van der Waals surface area contributed by atoms with Crippen molar-refractivity contribution >= 4 is 11.8 Å². The molecule has 1 amide bonds. The van der Waals surface area contributed by atoms with Gasteiger partial charge in [0.2, 0.25) is 0 Å². The number of nitrogens with one attached hydrogen (secondary N) is 2. The van der Waals surface area contributed by atoms with Gasteiger partial charge in [0.1, 0.15) is 0 Å². The molecule has 0 radical (unpaired) electrons. The average Bonchev–Trinajstić information content (AvgIpc) is 2.69. The molecule has 0 saturated heterocycles. The molecular formula is C22H31N3O3. The van der Waals surface area contributed by atoms with Crippen LogP contribution in [0.25, 0.3) is 0 Å². The van der Waals surface area contributed by atoms with Gasteiger partial charge in [-0.25, -0.2) is 4.79 Å². The van der Waals surface area contributed by atoms with Gasteiger partial charge >= 0.3 is 6.09 Å². The van der Waals surface area contributed by atoms with Gasteiger partial charge in [-0.2, -0.15) is 0 Å². The van der Waals surface area contributed by atoms with Crippen LogP contribution in [0.3, 0.4) is 0 Å². The Labute approximate surface area is 167 Å². The van der Waals surface area contributed by atoms with Crippen molar-refractivity contribution in [2.45, 2.75) is 39.0 Å². The maximum atomic E-state index is 11.1. The van der Waals surface area contributed by atoms with Gasteiger partial charge in [0.25, 0.3) is 0 Å². The van der Waals surface area contributed by atoms with E-state index in [-0.39, 0.29) is 0 Å². The van der Waals surface area contributed by atoms with E-state index in [0.29, 0.717) is 19.5 Å². The van der Waals surface area contributed by atoms with Gasteiger partial charge in [-0.3, -0.25) is 0 Å². The zero-order chi connectivity index (χ0) is 20.4. The molecule has 2 aromatic rings. The van der Waals surface area contributed by atoms with Gasteiger partial charge in [-0.15, -0.1) is 0 Å². The van der Waals surface area contributed by atoms with E-state index in [1.165, 1.54) is 5.69 Å². The fraction of sp³-hybridized carbons (Fsp3) is 0.409. The Bertz CT molecular complexity index is 720. The Hall–Kier alpha value is -2.57. The molecule has 2 rings (SSSR count). The number of aliphatic hydroxyl groups is 1. The van der Waals surface area contributed by atoms with E-state index in [0.717, 1.165) is 24.2 Å². The number of carboxylic acid groups (broad SMARTS) is 1. The maximum Gasteiger partial charge on any atom is 0.404 e. The van der Waals surface area contributed by atoms with E-state index in [9.17, 15) is 9.90 Å². The summed E-state index contributed by atoms with van der Waals surface area (Å²) in [5.41, 5.74) is 3.29. The van der Waals surface area contributed by atoms with Gasteiger partial charge in [-0.1, -0.05) is 42.5 Å². The Morgan fingerprint density at radius 1 is 1.04 bits per heavy atom. The Morgan fingerprint density at radius 2 is 1.71 bits per heavy atom. The number of rotatable bonds is 11. The molecule has 2 atom stereocenters. The zero-order valence-corrected chi connectivity index (χ0v) is 16.6. The van der Waals surface area contributed by atoms with Crippen LogP contribution < -0.4 is 15.5 Å². The van der Waals surface area contributed by atoms with Crippen LogP contribution in [0.5, 0.6) is 0 Å². The molecule has 0 unspecified atom stereocenters. The summed E-state index contributed by atoms with van der Waals surface area (Å²) >= 11 is 0. The summed E-state index contributed by atoms with van der Waals surface area (Å²) in [6, 6.07) is 17.3. The van der Waals surface area contributed by atoms with Crippen molar-refractivity contribution in [1.82, 2.24) is 10.6 Å². The third kappa shape index (κ3) is 6.87. The maximum absolute atomic E-state index is 11.1. The van der Waals surface area contributed by atoms with Gasteiger partial charge in [0.05, 0.1) is 12.1 Å². The summed E-state index contributed by atoms with van der Waals surface area (Å²) in [6.07, 6.45) is -1.53. The van der Waals surface area contributed by atoms with Crippen LogP contribution >= 0.6 is 0 Å². The first-order valence-electron chi connectivity index (χ1n) is 9.79. The largest absolute Gasteiger partial charge is 0.465 e. The average molecular weight is 386 g/mol. The van der Waals surface area contributed by atoms with Crippen LogP contribution in [0.15, 0.2) is 54.6 Å². The summed E-state index contributed by atoms with van der Waals surface area (Å²) < 4.78 is 0. The van der Waals surface area contributed by atoms with E-state index in [4.69, 9.17) is 5.11 Å². The minimum Gasteiger partial charge on any atom is -0.465 e. The lowest BCUT2D eigenvalue weighted by atomic mass is 10.0. The van der Waals surface area contributed by atoms with Crippen LogP contribution in [0, 0.1) is 0 Å². The SMILES string of the molecule is CCN(CC)c1cccc(CNC[C@H](O)[C@H](Cc2ccccc2)NC(=O)O)c1. The Morgan fingerprint density at radius 3 is 2.36 bits per heavy atom. The van der Waals surface area contributed by atoms with Gasteiger partial charge in [0.15, 0.2) is 0 Å². The van der Waals surface area contributed by atoms with Crippen molar-refractivity contribution in [2.75, 3.05) is 24.5 Å². The molecule has 0 aliphatic heterocycles. The molecule has 6 heteroatoms. The van der Waals surface area contributed by atoms with Crippen LogP contribution in [-0.4, -0.2) is 48.1 Å². The van der Waals surface area contributed by atoms with Crippen molar-refractivity contribution in [3.8, 4) is 0 Å². The number of anilines is 1. The predicted molar refractivity (Wildman–Crippen MR) is 113 cm³/mol. The van der Waals surface area contributed by atoms with Gasteiger partial charge in [-0.05, 0) is 43.5 Å². The molecule has 0 saturated carbocycles. The molecule has 0 aliphatic rings. The van der Waals surface area contributed by atoms with Crippen LogP contribution in [-0.2, 0) is 13.0 Å². The lowest BCUT2D eigenvalue weighted by Crippen LogP contribution is -2.48. The second kappa shape index (κ2) is 11.3. The molecule has 0 fully saturated rings. The molecule has 2 aromatic carbocycles.